The van der Waals surface area contributed by atoms with Crippen LogP contribution < -0.4 is 16.0 Å². The fourth-order valence-electron chi connectivity index (χ4n) is 2.81. The number of anilines is 1. The molecule has 0 bridgehead atoms. The maximum atomic E-state index is 12.7. The van der Waals surface area contributed by atoms with Crippen molar-refractivity contribution in [3.8, 4) is 0 Å². The topological polar surface area (TPSA) is 119 Å². The van der Waals surface area contributed by atoms with Gasteiger partial charge in [0.25, 0.3) is 0 Å². The lowest BCUT2D eigenvalue weighted by atomic mass is 10.1. The highest BCUT2D eigenvalue weighted by atomic mass is 16.6. The van der Waals surface area contributed by atoms with Gasteiger partial charge in [0.2, 0.25) is 5.91 Å². The van der Waals surface area contributed by atoms with E-state index in [1.54, 1.807) is 45.2 Å². The molecule has 0 unspecified atom stereocenters. The molecular weight excluding hydrogens is 424 g/mol. The maximum absolute atomic E-state index is 12.7. The van der Waals surface area contributed by atoms with Crippen LogP contribution in [-0.2, 0) is 20.9 Å². The Morgan fingerprint density at radius 2 is 1.70 bits per heavy atom. The van der Waals surface area contributed by atoms with Gasteiger partial charge in [-0.3, -0.25) is 4.79 Å². The fraction of sp³-hybridized carbons (Fsp3) is 0.417. The van der Waals surface area contributed by atoms with E-state index in [1.165, 1.54) is 0 Å². The third-order valence-corrected chi connectivity index (χ3v) is 4.33. The molecule has 2 aromatic rings. The molecule has 9 heteroatoms. The zero-order chi connectivity index (χ0) is 24.1. The highest BCUT2D eigenvalue weighted by Gasteiger charge is 2.24. The molecule has 9 nitrogen and oxygen atoms in total. The van der Waals surface area contributed by atoms with Crippen molar-refractivity contribution in [1.29, 1.82) is 0 Å². The average molecular weight is 457 g/mol. The summed E-state index contributed by atoms with van der Waals surface area (Å²) in [7, 11) is 0. The number of carbonyl (C=O) groups is 3. The molecule has 33 heavy (non-hydrogen) atoms. The molecule has 0 spiro atoms. The number of rotatable bonds is 10. The molecule has 1 aromatic carbocycles. The van der Waals surface area contributed by atoms with E-state index in [9.17, 15) is 14.4 Å². The molecule has 0 aliphatic heterocycles. The summed E-state index contributed by atoms with van der Waals surface area (Å²) in [4.78, 5) is 40.8. The van der Waals surface area contributed by atoms with Gasteiger partial charge in [-0.1, -0.05) is 36.4 Å². The molecule has 0 fully saturated rings. The van der Waals surface area contributed by atoms with E-state index in [2.05, 4.69) is 20.9 Å². The molecule has 3 amide bonds. The number of hydrogen-bond donors (Lipinski definition) is 3. The Morgan fingerprint density at radius 1 is 0.970 bits per heavy atom. The molecule has 178 valence electrons. The molecule has 0 saturated carbocycles. The Labute approximate surface area is 194 Å². The summed E-state index contributed by atoms with van der Waals surface area (Å²) < 4.78 is 10.4. The zero-order valence-corrected chi connectivity index (χ0v) is 19.3. The number of amides is 3. The van der Waals surface area contributed by atoms with Crippen molar-refractivity contribution in [3.05, 3.63) is 60.3 Å². The minimum absolute atomic E-state index is 0.197. The number of carbonyl (C=O) groups excluding carboxylic acids is 3. The van der Waals surface area contributed by atoms with Gasteiger partial charge in [0.1, 0.15) is 24.1 Å². The van der Waals surface area contributed by atoms with Crippen LogP contribution >= 0.6 is 0 Å². The summed E-state index contributed by atoms with van der Waals surface area (Å²) in [6.07, 6.45) is 1.92. The van der Waals surface area contributed by atoms with Gasteiger partial charge < -0.3 is 25.4 Å². The number of alkyl carbamates (subject to hydrolysis) is 2. The Kier molecular flexibility index (Phi) is 10.1. The van der Waals surface area contributed by atoms with Gasteiger partial charge in [0.15, 0.2) is 0 Å². The highest BCUT2D eigenvalue weighted by molar-refractivity contribution is 5.95. The van der Waals surface area contributed by atoms with Crippen LogP contribution in [0.25, 0.3) is 0 Å². The zero-order valence-electron chi connectivity index (χ0n) is 19.3. The van der Waals surface area contributed by atoms with Crippen LogP contribution in [0.3, 0.4) is 0 Å². The number of benzene rings is 1. The first kappa shape index (κ1) is 25.6. The van der Waals surface area contributed by atoms with Crippen molar-refractivity contribution in [2.24, 2.45) is 0 Å². The fourth-order valence-corrected chi connectivity index (χ4v) is 2.81. The Hall–Kier alpha value is -3.62. The van der Waals surface area contributed by atoms with E-state index in [0.29, 0.717) is 31.6 Å². The summed E-state index contributed by atoms with van der Waals surface area (Å²) in [6.45, 7) is 5.82. The van der Waals surface area contributed by atoms with E-state index in [0.717, 1.165) is 5.56 Å². The lowest BCUT2D eigenvalue weighted by Crippen LogP contribution is -2.46. The van der Waals surface area contributed by atoms with Crippen LogP contribution in [0, 0.1) is 0 Å². The van der Waals surface area contributed by atoms with Crippen molar-refractivity contribution < 1.29 is 23.9 Å². The van der Waals surface area contributed by atoms with Crippen LogP contribution in [0.2, 0.25) is 0 Å². The molecule has 0 radical (unpaired) electrons. The molecule has 3 N–H and O–H groups in total. The summed E-state index contributed by atoms with van der Waals surface area (Å²) in [5, 5.41) is 7.99. The number of hydrogen-bond acceptors (Lipinski definition) is 6. The third-order valence-electron chi connectivity index (χ3n) is 4.33. The average Bonchev–Trinajstić information content (AvgIpc) is 2.76. The number of ether oxygens (including phenoxy) is 2. The quantitative estimate of drug-likeness (QED) is 0.465. The van der Waals surface area contributed by atoms with E-state index in [1.807, 2.05) is 30.3 Å². The van der Waals surface area contributed by atoms with E-state index < -0.39 is 29.7 Å². The van der Waals surface area contributed by atoms with Gasteiger partial charge in [0.05, 0.1) is 0 Å². The van der Waals surface area contributed by atoms with Crippen molar-refractivity contribution in [1.82, 2.24) is 15.6 Å². The number of nitrogens with zero attached hydrogens (tertiary/aromatic N) is 1. The molecule has 0 saturated heterocycles. The lowest BCUT2D eigenvalue weighted by Gasteiger charge is -2.23. The molecule has 2 rings (SSSR count). The first-order valence-corrected chi connectivity index (χ1v) is 10.9. The molecule has 0 aliphatic rings. The molecule has 1 atom stereocenters. The van der Waals surface area contributed by atoms with Crippen molar-refractivity contribution in [3.63, 3.8) is 0 Å². The number of unbranched alkanes of at least 4 members (excludes halogenated alkanes) is 1. The van der Waals surface area contributed by atoms with Gasteiger partial charge in [-0.15, -0.1) is 0 Å². The van der Waals surface area contributed by atoms with E-state index in [-0.39, 0.29) is 6.61 Å². The van der Waals surface area contributed by atoms with Crippen LogP contribution in [0.1, 0.15) is 45.6 Å². The molecule has 1 heterocycles. The maximum Gasteiger partial charge on any atom is 0.408 e. The Morgan fingerprint density at radius 3 is 2.36 bits per heavy atom. The van der Waals surface area contributed by atoms with E-state index >= 15 is 0 Å². The molecule has 1 aromatic heterocycles. The molecule has 0 aliphatic carbocycles. The lowest BCUT2D eigenvalue weighted by molar-refractivity contribution is -0.118. The van der Waals surface area contributed by atoms with Gasteiger partial charge >= 0.3 is 12.2 Å². The van der Waals surface area contributed by atoms with E-state index in [4.69, 9.17) is 9.47 Å². The predicted molar refractivity (Wildman–Crippen MR) is 125 cm³/mol. The summed E-state index contributed by atoms with van der Waals surface area (Å²) in [6, 6.07) is 13.7. The minimum atomic E-state index is -0.813. The first-order valence-electron chi connectivity index (χ1n) is 10.9. The smallest absolute Gasteiger partial charge is 0.408 e. The van der Waals surface area contributed by atoms with Crippen molar-refractivity contribution >= 4 is 23.9 Å². The monoisotopic (exact) mass is 456 g/mol. The minimum Gasteiger partial charge on any atom is -0.445 e. The van der Waals surface area contributed by atoms with Crippen LogP contribution in [0.4, 0.5) is 15.4 Å². The second-order valence-electron chi connectivity index (χ2n) is 8.39. The highest BCUT2D eigenvalue weighted by Crippen LogP contribution is 2.10. The van der Waals surface area contributed by atoms with Gasteiger partial charge in [0, 0.05) is 12.7 Å². The number of pyridine rings is 1. The van der Waals surface area contributed by atoms with Crippen LogP contribution in [0.15, 0.2) is 54.7 Å². The summed E-state index contributed by atoms with van der Waals surface area (Å²) in [5.41, 5.74) is 0.221. The SMILES string of the molecule is CC(C)(C)OC(=O)N[C@@H](CCCCNC(=O)OCc1ccccc1)C(=O)Nc1ccccn1. The standard InChI is InChI=1S/C24H32N4O5/c1-24(2,3)33-23(31)27-19(21(29)28-20-14-8-10-15-25-20)13-7-9-16-26-22(30)32-17-18-11-5-4-6-12-18/h4-6,8,10-12,14-15,19H,7,9,13,16-17H2,1-3H3,(H,26,30)(H,27,31)(H,25,28,29)/t19-/m0/s1. The first-order chi connectivity index (χ1) is 15.7. The number of aromatic nitrogens is 1. The van der Waals surface area contributed by atoms with Gasteiger partial charge in [-0.25, -0.2) is 14.6 Å². The largest absolute Gasteiger partial charge is 0.445 e. The second-order valence-corrected chi connectivity index (χ2v) is 8.39. The number of nitrogens with one attached hydrogen (secondary N) is 3. The van der Waals surface area contributed by atoms with Gasteiger partial charge in [-0.2, -0.15) is 0 Å². The summed E-state index contributed by atoms with van der Waals surface area (Å²) in [5.74, 6) is -0.00361. The Balaban J connectivity index is 1.78. The summed E-state index contributed by atoms with van der Waals surface area (Å²) >= 11 is 0. The third kappa shape index (κ3) is 11.0. The Bertz CT molecular complexity index is 885. The normalized spacial score (nSPS) is 11.7. The molecular formula is C24H32N4O5. The van der Waals surface area contributed by atoms with Crippen molar-refractivity contribution in [2.75, 3.05) is 11.9 Å². The van der Waals surface area contributed by atoms with Crippen molar-refractivity contribution in [2.45, 2.75) is 58.3 Å². The predicted octanol–water partition coefficient (Wildman–Crippen LogP) is 4.01. The van der Waals surface area contributed by atoms with Crippen LogP contribution in [-0.4, -0.2) is 41.3 Å². The van der Waals surface area contributed by atoms with Gasteiger partial charge in [-0.05, 0) is 57.7 Å². The second kappa shape index (κ2) is 13.0. The van der Waals surface area contributed by atoms with Crippen LogP contribution in [0.5, 0.6) is 0 Å².